The Morgan fingerprint density at radius 3 is 2.64 bits per heavy atom. The van der Waals surface area contributed by atoms with E-state index in [1.54, 1.807) is 17.6 Å². The fourth-order valence-electron chi connectivity index (χ4n) is 4.80. The number of benzene rings is 1. The van der Waals surface area contributed by atoms with Gasteiger partial charge in [-0.15, -0.1) is 13.2 Å². The molecule has 2 aromatic heterocycles. The van der Waals surface area contributed by atoms with Crippen molar-refractivity contribution in [2.24, 2.45) is 0 Å². The molecule has 1 aliphatic heterocycles. The van der Waals surface area contributed by atoms with Gasteiger partial charge in [-0.2, -0.15) is 5.10 Å². The number of carbonyl (C=O) groups excluding carboxylic acids is 1. The third kappa shape index (κ3) is 5.59. The SMILES string of the molecule is CN1CCN(c2ccc(OC(F)(F)F)c(Nc3ncc4c(n3)-c3c(c(C(=O)NO)nn3CCF)CC4)c2)CC1. The van der Waals surface area contributed by atoms with Gasteiger partial charge in [-0.3, -0.25) is 14.7 Å². The average molecular weight is 551 g/mol. The van der Waals surface area contributed by atoms with E-state index in [9.17, 15) is 22.4 Å². The number of alkyl halides is 4. The third-order valence-electron chi connectivity index (χ3n) is 6.70. The third-order valence-corrected chi connectivity index (χ3v) is 6.70. The lowest BCUT2D eigenvalue weighted by atomic mass is 9.93. The maximum absolute atomic E-state index is 13.3. The molecule has 11 nitrogen and oxygen atoms in total. The Labute approximate surface area is 220 Å². The lowest BCUT2D eigenvalue weighted by Gasteiger charge is -2.34. The van der Waals surface area contributed by atoms with E-state index < -0.39 is 24.7 Å². The second kappa shape index (κ2) is 10.6. The Bertz CT molecular complexity index is 1370. The van der Waals surface area contributed by atoms with Crippen LogP contribution in [0.25, 0.3) is 11.4 Å². The summed E-state index contributed by atoms with van der Waals surface area (Å²) in [5, 5.41) is 16.1. The molecule has 3 N–H and O–H groups in total. The Morgan fingerprint density at radius 1 is 1.18 bits per heavy atom. The zero-order valence-electron chi connectivity index (χ0n) is 20.9. The van der Waals surface area contributed by atoms with Crippen LogP contribution in [0.1, 0.15) is 21.6 Å². The fraction of sp³-hybridized carbons (Fsp3) is 0.417. The quantitative estimate of drug-likeness (QED) is 0.232. The first-order valence-corrected chi connectivity index (χ1v) is 12.2. The summed E-state index contributed by atoms with van der Waals surface area (Å²) in [4.78, 5) is 25.2. The van der Waals surface area contributed by atoms with Gasteiger partial charge in [-0.1, -0.05) is 0 Å². The number of piperazine rings is 1. The van der Waals surface area contributed by atoms with E-state index in [1.807, 2.05) is 7.05 Å². The Kier molecular flexibility index (Phi) is 7.27. The van der Waals surface area contributed by atoms with Gasteiger partial charge in [0.15, 0.2) is 11.4 Å². The van der Waals surface area contributed by atoms with Gasteiger partial charge in [-0.25, -0.2) is 19.8 Å². The van der Waals surface area contributed by atoms with Crippen LogP contribution < -0.4 is 20.4 Å². The smallest absolute Gasteiger partial charge is 0.404 e. The highest BCUT2D eigenvalue weighted by Gasteiger charge is 2.33. The van der Waals surface area contributed by atoms with Crippen LogP contribution >= 0.6 is 0 Å². The molecule has 1 fully saturated rings. The molecule has 2 aliphatic rings. The Hall–Kier alpha value is -3.98. The second-order valence-electron chi connectivity index (χ2n) is 9.24. The molecule has 1 aromatic carbocycles. The summed E-state index contributed by atoms with van der Waals surface area (Å²) in [6.45, 7) is 2.10. The summed E-state index contributed by atoms with van der Waals surface area (Å²) in [6, 6.07) is 4.37. The lowest BCUT2D eigenvalue weighted by molar-refractivity contribution is -0.274. The number of hydroxylamine groups is 1. The van der Waals surface area contributed by atoms with E-state index in [0.29, 0.717) is 54.1 Å². The molecule has 5 rings (SSSR count). The van der Waals surface area contributed by atoms with Crippen LogP contribution in [0.2, 0.25) is 0 Å². The number of aryl methyl sites for hydroxylation is 2. The molecule has 15 heteroatoms. The number of carbonyl (C=O) groups is 1. The number of ether oxygens (including phenoxy) is 1. The lowest BCUT2D eigenvalue weighted by Crippen LogP contribution is -2.44. The van der Waals surface area contributed by atoms with Crippen LogP contribution in [0.4, 0.5) is 34.9 Å². The van der Waals surface area contributed by atoms with Crippen molar-refractivity contribution in [3.8, 4) is 17.1 Å². The highest BCUT2D eigenvalue weighted by molar-refractivity contribution is 5.95. The van der Waals surface area contributed by atoms with Gasteiger partial charge >= 0.3 is 6.36 Å². The average Bonchev–Trinajstić information content (AvgIpc) is 3.28. The number of nitrogens with zero attached hydrogens (tertiary/aromatic N) is 6. The monoisotopic (exact) mass is 550 g/mol. The minimum atomic E-state index is -4.92. The van der Waals surface area contributed by atoms with E-state index in [2.05, 4.69) is 34.9 Å². The number of halogens is 4. The number of aromatic nitrogens is 4. The number of anilines is 3. The molecule has 0 bridgehead atoms. The van der Waals surface area contributed by atoms with Crippen molar-refractivity contribution < 1.29 is 32.3 Å². The minimum Gasteiger partial charge on any atom is -0.404 e. The van der Waals surface area contributed by atoms with Gasteiger partial charge in [0.05, 0.1) is 23.6 Å². The van der Waals surface area contributed by atoms with Crippen molar-refractivity contribution in [2.75, 3.05) is 50.1 Å². The van der Waals surface area contributed by atoms with Crippen LogP contribution in [0.5, 0.6) is 5.75 Å². The summed E-state index contributed by atoms with van der Waals surface area (Å²) >= 11 is 0. The highest BCUT2D eigenvalue weighted by Crippen LogP contribution is 2.38. The van der Waals surface area contributed by atoms with Gasteiger partial charge < -0.3 is 19.9 Å². The molecule has 0 spiro atoms. The molecular formula is C24H26F4N8O3. The Balaban J connectivity index is 1.53. The largest absolute Gasteiger partial charge is 0.573 e. The minimum absolute atomic E-state index is 0.0114. The molecule has 0 saturated carbocycles. The van der Waals surface area contributed by atoms with Crippen molar-refractivity contribution in [1.82, 2.24) is 30.1 Å². The summed E-state index contributed by atoms with van der Waals surface area (Å²) in [5.41, 5.74) is 4.13. The summed E-state index contributed by atoms with van der Waals surface area (Å²) < 4.78 is 58.4. The number of hydrogen-bond acceptors (Lipinski definition) is 9. The van der Waals surface area contributed by atoms with Crippen molar-refractivity contribution in [1.29, 1.82) is 0 Å². The number of amides is 1. The number of fused-ring (bicyclic) bond motifs is 3. The van der Waals surface area contributed by atoms with Gasteiger partial charge in [-0.05, 0) is 43.7 Å². The molecule has 0 radical (unpaired) electrons. The molecule has 1 saturated heterocycles. The molecule has 3 heterocycles. The van der Waals surface area contributed by atoms with Gasteiger partial charge in [0.25, 0.3) is 5.91 Å². The number of likely N-dealkylation sites (N-methyl/N-ethyl adjacent to an activating group) is 1. The summed E-state index contributed by atoms with van der Waals surface area (Å²) in [5.74, 6) is -1.31. The van der Waals surface area contributed by atoms with E-state index in [4.69, 9.17) is 5.21 Å². The van der Waals surface area contributed by atoms with Crippen molar-refractivity contribution in [3.63, 3.8) is 0 Å². The van der Waals surface area contributed by atoms with Crippen molar-refractivity contribution in [2.45, 2.75) is 25.7 Å². The first kappa shape index (κ1) is 26.6. The molecule has 0 atom stereocenters. The van der Waals surface area contributed by atoms with Crippen LogP contribution in [-0.2, 0) is 19.4 Å². The Morgan fingerprint density at radius 2 is 1.95 bits per heavy atom. The van der Waals surface area contributed by atoms with Crippen molar-refractivity contribution in [3.05, 3.63) is 41.2 Å². The van der Waals surface area contributed by atoms with Gasteiger partial charge in [0.2, 0.25) is 5.95 Å². The first-order valence-electron chi connectivity index (χ1n) is 12.2. The topological polar surface area (TPSA) is 121 Å². The fourth-order valence-corrected chi connectivity index (χ4v) is 4.80. The van der Waals surface area contributed by atoms with E-state index in [-0.39, 0.29) is 23.9 Å². The summed E-state index contributed by atoms with van der Waals surface area (Å²) in [6.07, 6.45) is -2.57. The van der Waals surface area contributed by atoms with Crippen LogP contribution in [0.15, 0.2) is 24.4 Å². The standard InChI is InChI=1S/C24H26F4N8O3/c1-34-8-10-35(11-9-34)15-3-5-18(39-24(26,27)28)17(12-15)30-23-29-13-14-2-4-16-20(22(37)33-38)32-36(7-6-25)21(16)19(14)31-23/h3,5,12-13,38H,2,4,6-11H2,1H3,(H,33,37)(H,29,30,31). The van der Waals surface area contributed by atoms with E-state index in [1.165, 1.54) is 16.9 Å². The number of nitrogens with one attached hydrogen (secondary N) is 2. The molecule has 1 amide bonds. The van der Waals surface area contributed by atoms with Crippen molar-refractivity contribution >= 4 is 23.2 Å². The van der Waals surface area contributed by atoms with E-state index in [0.717, 1.165) is 13.1 Å². The number of rotatable bonds is 7. The van der Waals surface area contributed by atoms with Gasteiger partial charge in [0, 0.05) is 43.6 Å². The molecule has 3 aromatic rings. The molecule has 1 aliphatic carbocycles. The zero-order chi connectivity index (χ0) is 27.7. The number of hydrogen-bond donors (Lipinski definition) is 3. The molecular weight excluding hydrogens is 524 g/mol. The highest BCUT2D eigenvalue weighted by atomic mass is 19.4. The van der Waals surface area contributed by atoms with E-state index >= 15 is 0 Å². The van der Waals surface area contributed by atoms with Crippen LogP contribution in [-0.4, -0.2) is 82.0 Å². The van der Waals surface area contributed by atoms with Crippen LogP contribution in [0.3, 0.4) is 0 Å². The molecule has 39 heavy (non-hydrogen) atoms. The zero-order valence-corrected chi connectivity index (χ0v) is 20.9. The first-order chi connectivity index (χ1) is 18.7. The summed E-state index contributed by atoms with van der Waals surface area (Å²) in [7, 11) is 2.00. The predicted molar refractivity (Wildman–Crippen MR) is 132 cm³/mol. The predicted octanol–water partition coefficient (Wildman–Crippen LogP) is 2.92. The van der Waals surface area contributed by atoms with Crippen LogP contribution in [0, 0.1) is 0 Å². The maximum atomic E-state index is 13.3. The van der Waals surface area contributed by atoms with Gasteiger partial charge in [0.1, 0.15) is 6.67 Å². The second-order valence-corrected chi connectivity index (χ2v) is 9.24. The molecule has 0 unspecified atom stereocenters. The maximum Gasteiger partial charge on any atom is 0.573 e. The molecule has 208 valence electrons. The normalized spacial score (nSPS) is 15.5.